The lowest BCUT2D eigenvalue weighted by atomic mass is 10.0. The Balaban J connectivity index is 2.32. The number of nitrogens with zero attached hydrogens (tertiary/aromatic N) is 1. The molecular weight excluding hydrogens is 310 g/mol. The average Bonchev–Trinajstić information content (AvgIpc) is 2.51. The number of carbonyl (C=O) groups is 3. The van der Waals surface area contributed by atoms with Crippen molar-refractivity contribution in [2.75, 3.05) is 7.11 Å². The zero-order valence-electron chi connectivity index (χ0n) is 14.2. The summed E-state index contributed by atoms with van der Waals surface area (Å²) in [7, 11) is 1.55. The summed E-state index contributed by atoms with van der Waals surface area (Å²) in [6.45, 7) is 5.49. The summed E-state index contributed by atoms with van der Waals surface area (Å²) in [6.07, 6.45) is 0.494. The number of aliphatic imine (C=N–C) groups is 1. The summed E-state index contributed by atoms with van der Waals surface area (Å²) in [5.41, 5.74) is 2.41. The van der Waals surface area contributed by atoms with Crippen molar-refractivity contribution in [1.82, 2.24) is 10.6 Å². The van der Waals surface area contributed by atoms with E-state index >= 15 is 0 Å². The fourth-order valence-electron chi connectivity index (χ4n) is 2.52. The van der Waals surface area contributed by atoms with Crippen LogP contribution in [0.5, 0.6) is 5.75 Å². The van der Waals surface area contributed by atoms with Crippen LogP contribution in [0.2, 0.25) is 0 Å². The van der Waals surface area contributed by atoms with E-state index in [4.69, 9.17) is 4.74 Å². The first-order valence-corrected chi connectivity index (χ1v) is 7.67. The average molecular weight is 331 g/mol. The molecule has 24 heavy (non-hydrogen) atoms. The van der Waals surface area contributed by atoms with Gasteiger partial charge in [0.2, 0.25) is 11.8 Å². The highest BCUT2D eigenvalue weighted by Crippen LogP contribution is 2.32. The summed E-state index contributed by atoms with van der Waals surface area (Å²) < 4.78 is 5.28. The molecule has 7 heteroatoms. The van der Waals surface area contributed by atoms with Gasteiger partial charge in [-0.3, -0.25) is 24.7 Å². The molecular formula is C17H21N3O4. The lowest BCUT2D eigenvalue weighted by Crippen LogP contribution is -2.52. The Bertz CT molecular complexity index is 721. The third-order valence-corrected chi connectivity index (χ3v) is 3.73. The molecule has 3 amide bonds. The van der Waals surface area contributed by atoms with Crippen molar-refractivity contribution in [2.24, 2.45) is 4.99 Å². The zero-order valence-corrected chi connectivity index (χ0v) is 14.2. The molecule has 1 atom stereocenters. The number of benzene rings is 1. The number of carbonyl (C=O) groups excluding carboxylic acids is 3. The molecule has 1 fully saturated rings. The third kappa shape index (κ3) is 3.79. The molecule has 1 heterocycles. The molecule has 0 aliphatic carbocycles. The molecule has 0 spiro atoms. The van der Waals surface area contributed by atoms with Gasteiger partial charge in [0, 0.05) is 17.7 Å². The normalized spacial score (nSPS) is 17.1. The maximum absolute atomic E-state index is 12.6. The number of amides is 3. The van der Waals surface area contributed by atoms with E-state index in [-0.39, 0.29) is 18.7 Å². The van der Waals surface area contributed by atoms with Gasteiger partial charge in [-0.15, -0.1) is 0 Å². The molecule has 2 N–H and O–H groups in total. The summed E-state index contributed by atoms with van der Waals surface area (Å²) in [5, 5.41) is 4.89. The van der Waals surface area contributed by atoms with Gasteiger partial charge in [-0.2, -0.15) is 0 Å². The van der Waals surface area contributed by atoms with Crippen LogP contribution in [0.25, 0.3) is 0 Å². The predicted molar refractivity (Wildman–Crippen MR) is 89.8 cm³/mol. The van der Waals surface area contributed by atoms with Gasteiger partial charge in [0.15, 0.2) is 0 Å². The minimum absolute atomic E-state index is 0.206. The Kier molecular flexibility index (Phi) is 5.33. The van der Waals surface area contributed by atoms with Gasteiger partial charge in [-0.05, 0) is 39.3 Å². The highest BCUT2D eigenvalue weighted by Gasteiger charge is 2.29. The second-order valence-corrected chi connectivity index (χ2v) is 5.83. The minimum Gasteiger partial charge on any atom is -0.496 e. The zero-order chi connectivity index (χ0) is 17.9. The fraction of sp³-hybridized carbons (Fsp3) is 0.412. The molecule has 7 nitrogen and oxygen atoms in total. The van der Waals surface area contributed by atoms with E-state index in [0.29, 0.717) is 17.0 Å². The molecule has 0 aromatic heterocycles. The van der Waals surface area contributed by atoms with Gasteiger partial charge in [0.1, 0.15) is 11.8 Å². The Morgan fingerprint density at radius 3 is 2.62 bits per heavy atom. The van der Waals surface area contributed by atoms with E-state index in [9.17, 15) is 14.4 Å². The summed E-state index contributed by atoms with van der Waals surface area (Å²) >= 11 is 0. The Hall–Kier alpha value is -2.70. The predicted octanol–water partition coefficient (Wildman–Crippen LogP) is 1.65. The van der Waals surface area contributed by atoms with Crippen molar-refractivity contribution in [1.29, 1.82) is 0 Å². The molecule has 1 unspecified atom stereocenters. The second-order valence-electron chi connectivity index (χ2n) is 5.83. The maximum Gasteiger partial charge on any atom is 0.254 e. The van der Waals surface area contributed by atoms with E-state index in [1.165, 1.54) is 0 Å². The summed E-state index contributed by atoms with van der Waals surface area (Å²) in [5.74, 6) is -0.581. The molecule has 128 valence electrons. The van der Waals surface area contributed by atoms with Crippen molar-refractivity contribution in [2.45, 2.75) is 39.7 Å². The smallest absolute Gasteiger partial charge is 0.254 e. The van der Waals surface area contributed by atoms with Crippen LogP contribution < -0.4 is 15.4 Å². The van der Waals surface area contributed by atoms with Gasteiger partial charge < -0.3 is 10.1 Å². The van der Waals surface area contributed by atoms with Crippen LogP contribution in [-0.2, 0) is 9.59 Å². The van der Waals surface area contributed by atoms with Crippen LogP contribution in [0.1, 0.15) is 42.6 Å². The number of imide groups is 1. The Morgan fingerprint density at radius 2 is 2.04 bits per heavy atom. The first-order chi connectivity index (χ1) is 11.3. The lowest BCUT2D eigenvalue weighted by molar-refractivity contribution is -0.134. The molecule has 1 aromatic carbocycles. The molecule has 1 saturated heterocycles. The van der Waals surface area contributed by atoms with Crippen molar-refractivity contribution in [3.63, 3.8) is 0 Å². The van der Waals surface area contributed by atoms with Crippen molar-refractivity contribution in [3.8, 4) is 5.75 Å². The third-order valence-electron chi connectivity index (χ3n) is 3.73. The number of rotatable bonds is 4. The molecule has 2 rings (SSSR count). The summed E-state index contributed by atoms with van der Waals surface area (Å²) in [6, 6.07) is 2.59. The van der Waals surface area contributed by atoms with E-state index in [1.807, 2.05) is 20.8 Å². The van der Waals surface area contributed by atoms with Crippen molar-refractivity contribution in [3.05, 3.63) is 23.3 Å². The largest absolute Gasteiger partial charge is 0.496 e. The van der Waals surface area contributed by atoms with E-state index in [0.717, 1.165) is 11.3 Å². The number of hydrogen-bond donors (Lipinski definition) is 2. The topological polar surface area (TPSA) is 96.9 Å². The van der Waals surface area contributed by atoms with Gasteiger partial charge in [0.05, 0.1) is 18.4 Å². The van der Waals surface area contributed by atoms with Crippen LogP contribution in [0.4, 0.5) is 5.69 Å². The first-order valence-electron chi connectivity index (χ1n) is 7.67. The highest BCUT2D eigenvalue weighted by atomic mass is 16.5. The van der Waals surface area contributed by atoms with Crippen LogP contribution in [-0.4, -0.2) is 36.6 Å². The first kappa shape index (κ1) is 17.7. The van der Waals surface area contributed by atoms with Crippen LogP contribution in [0.15, 0.2) is 17.1 Å². The van der Waals surface area contributed by atoms with E-state index < -0.39 is 17.9 Å². The molecule has 0 saturated carbocycles. The Labute approximate surface area is 140 Å². The minimum atomic E-state index is -0.725. The standard InChI is InChI=1S/C17H21N3O4/c1-9(2)18-15-10(3)13(24-4)7-5-11(15)16(22)19-12-6-8-14(21)20-17(12)23/h5,7,12H,6,8H2,1-4H3,(H,19,22)(H,20,21,23). The molecule has 0 radical (unpaired) electrons. The van der Waals surface area contributed by atoms with Gasteiger partial charge in [-0.25, -0.2) is 0 Å². The highest BCUT2D eigenvalue weighted by molar-refractivity contribution is 6.06. The van der Waals surface area contributed by atoms with Gasteiger partial charge in [0.25, 0.3) is 5.91 Å². The molecule has 1 aromatic rings. The van der Waals surface area contributed by atoms with Crippen LogP contribution in [0, 0.1) is 6.92 Å². The number of hydrogen-bond acceptors (Lipinski definition) is 5. The molecule has 0 bridgehead atoms. The maximum atomic E-state index is 12.6. The van der Waals surface area contributed by atoms with E-state index in [2.05, 4.69) is 15.6 Å². The Morgan fingerprint density at radius 1 is 1.33 bits per heavy atom. The second kappa shape index (κ2) is 7.25. The monoisotopic (exact) mass is 331 g/mol. The summed E-state index contributed by atoms with van der Waals surface area (Å²) in [4.78, 5) is 40.0. The van der Waals surface area contributed by atoms with Gasteiger partial charge in [-0.1, -0.05) is 0 Å². The molecule has 1 aliphatic rings. The van der Waals surface area contributed by atoms with Crippen molar-refractivity contribution < 1.29 is 19.1 Å². The number of ether oxygens (including phenoxy) is 1. The molecule has 1 aliphatic heterocycles. The SMILES string of the molecule is COc1ccc(C(=O)NC2CCC(=O)NC2=O)c(N=C(C)C)c1C. The number of nitrogens with one attached hydrogen (secondary N) is 2. The quantitative estimate of drug-likeness (QED) is 0.647. The number of piperidine rings is 1. The van der Waals surface area contributed by atoms with Gasteiger partial charge >= 0.3 is 0 Å². The van der Waals surface area contributed by atoms with E-state index in [1.54, 1.807) is 19.2 Å². The van der Waals surface area contributed by atoms with Crippen LogP contribution in [0.3, 0.4) is 0 Å². The van der Waals surface area contributed by atoms with Crippen molar-refractivity contribution >= 4 is 29.1 Å². The number of methoxy groups -OCH3 is 1. The fourth-order valence-corrected chi connectivity index (χ4v) is 2.52. The van der Waals surface area contributed by atoms with Crippen LogP contribution >= 0.6 is 0 Å². The lowest BCUT2D eigenvalue weighted by Gasteiger charge is -2.22.